The van der Waals surface area contributed by atoms with Crippen LogP contribution >= 0.6 is 0 Å². The molecule has 0 aromatic heterocycles. The van der Waals surface area contributed by atoms with Crippen LogP contribution < -0.4 is 5.32 Å². The molecule has 0 aromatic carbocycles. The second-order valence-corrected chi connectivity index (χ2v) is 6.05. The molecule has 18 heavy (non-hydrogen) atoms. The van der Waals surface area contributed by atoms with Crippen LogP contribution in [0.25, 0.3) is 0 Å². The maximum absolute atomic E-state index is 3.69. The topological polar surface area (TPSA) is 18.5 Å². The van der Waals surface area contributed by atoms with Gasteiger partial charge in [-0.25, -0.2) is 0 Å². The van der Waals surface area contributed by atoms with Gasteiger partial charge >= 0.3 is 0 Å². The van der Waals surface area contributed by atoms with E-state index in [4.69, 9.17) is 0 Å². The van der Waals surface area contributed by atoms with E-state index in [1.165, 1.54) is 71.2 Å². The van der Waals surface area contributed by atoms with Gasteiger partial charge in [0.25, 0.3) is 0 Å². The van der Waals surface area contributed by atoms with Crippen LogP contribution in [0.5, 0.6) is 0 Å². The van der Waals surface area contributed by atoms with E-state index in [1.54, 1.807) is 0 Å². The molecular weight excluding hydrogens is 222 g/mol. The molecule has 0 aromatic rings. The van der Waals surface area contributed by atoms with Gasteiger partial charge in [-0.05, 0) is 65.3 Å². The summed E-state index contributed by atoms with van der Waals surface area (Å²) in [5.74, 6) is 0. The zero-order valence-corrected chi connectivity index (χ0v) is 12.3. The monoisotopic (exact) mass is 253 g/mol. The number of nitrogens with zero attached hydrogens (tertiary/aromatic N) is 2. The highest BCUT2D eigenvalue weighted by Gasteiger charge is 2.22. The minimum atomic E-state index is 0.805. The summed E-state index contributed by atoms with van der Waals surface area (Å²) < 4.78 is 0. The molecule has 1 N–H and O–H groups in total. The smallest absolute Gasteiger partial charge is 0.0220 e. The molecule has 0 amide bonds. The molecule has 0 aliphatic carbocycles. The molecule has 2 rings (SSSR count). The average Bonchev–Trinajstić information content (AvgIpc) is 2.84. The lowest BCUT2D eigenvalue weighted by Crippen LogP contribution is -2.41. The van der Waals surface area contributed by atoms with Crippen LogP contribution in [0.15, 0.2) is 0 Å². The van der Waals surface area contributed by atoms with Crippen LogP contribution in [-0.4, -0.2) is 61.7 Å². The fourth-order valence-electron chi connectivity index (χ4n) is 3.59. The van der Waals surface area contributed by atoms with Gasteiger partial charge < -0.3 is 10.2 Å². The number of likely N-dealkylation sites (tertiary alicyclic amines) is 2. The van der Waals surface area contributed by atoms with Crippen LogP contribution in [-0.2, 0) is 0 Å². The van der Waals surface area contributed by atoms with E-state index in [9.17, 15) is 0 Å². The fraction of sp³-hybridized carbons (Fsp3) is 1.00. The molecule has 106 valence electrons. The van der Waals surface area contributed by atoms with E-state index in [0.717, 1.165) is 12.1 Å². The minimum absolute atomic E-state index is 0.805. The van der Waals surface area contributed by atoms with Crippen LogP contribution in [0.1, 0.15) is 45.4 Å². The molecule has 0 radical (unpaired) electrons. The third-order valence-electron chi connectivity index (χ3n) is 4.86. The van der Waals surface area contributed by atoms with E-state index < -0.39 is 0 Å². The second kappa shape index (κ2) is 7.46. The number of likely N-dealkylation sites (N-methyl/N-ethyl adjacent to an activating group) is 1. The van der Waals surface area contributed by atoms with Gasteiger partial charge in [0.15, 0.2) is 0 Å². The maximum Gasteiger partial charge on any atom is 0.0220 e. The number of hydrogen-bond acceptors (Lipinski definition) is 3. The Morgan fingerprint density at radius 1 is 1.06 bits per heavy atom. The predicted molar refractivity (Wildman–Crippen MR) is 78.0 cm³/mol. The zero-order chi connectivity index (χ0) is 12.8. The Morgan fingerprint density at radius 3 is 2.67 bits per heavy atom. The van der Waals surface area contributed by atoms with Crippen molar-refractivity contribution in [2.24, 2.45) is 0 Å². The molecule has 3 nitrogen and oxygen atoms in total. The van der Waals surface area contributed by atoms with Crippen molar-refractivity contribution in [3.8, 4) is 0 Å². The van der Waals surface area contributed by atoms with Crippen molar-refractivity contribution in [1.82, 2.24) is 15.1 Å². The third kappa shape index (κ3) is 3.94. The molecule has 3 heteroatoms. The normalized spacial score (nSPS) is 31.0. The lowest BCUT2D eigenvalue weighted by atomic mass is 10.0. The van der Waals surface area contributed by atoms with Crippen molar-refractivity contribution in [2.75, 3.05) is 39.8 Å². The molecule has 2 atom stereocenters. The van der Waals surface area contributed by atoms with Gasteiger partial charge in [-0.3, -0.25) is 4.90 Å². The Bertz CT molecular complexity index is 228. The van der Waals surface area contributed by atoms with Crippen molar-refractivity contribution in [2.45, 2.75) is 57.5 Å². The molecular formula is C15H31N3. The summed E-state index contributed by atoms with van der Waals surface area (Å²) in [6.07, 6.45) is 8.35. The molecule has 0 bridgehead atoms. The van der Waals surface area contributed by atoms with Crippen molar-refractivity contribution < 1.29 is 0 Å². The van der Waals surface area contributed by atoms with Gasteiger partial charge in [-0.2, -0.15) is 0 Å². The van der Waals surface area contributed by atoms with E-state index in [-0.39, 0.29) is 0 Å². The van der Waals surface area contributed by atoms with Crippen molar-refractivity contribution in [1.29, 1.82) is 0 Å². The molecule has 0 spiro atoms. The first kappa shape index (κ1) is 14.3. The molecule has 2 aliphatic rings. The number of hydrogen-bond donors (Lipinski definition) is 1. The maximum atomic E-state index is 3.69. The van der Waals surface area contributed by atoms with Crippen LogP contribution in [0.4, 0.5) is 0 Å². The van der Waals surface area contributed by atoms with Gasteiger partial charge in [0, 0.05) is 18.6 Å². The molecule has 2 heterocycles. The van der Waals surface area contributed by atoms with Crippen molar-refractivity contribution in [3.63, 3.8) is 0 Å². The van der Waals surface area contributed by atoms with E-state index in [0.29, 0.717) is 0 Å². The quantitative estimate of drug-likeness (QED) is 0.730. The summed E-state index contributed by atoms with van der Waals surface area (Å²) in [6, 6.07) is 1.64. The van der Waals surface area contributed by atoms with Crippen LogP contribution in [0, 0.1) is 0 Å². The zero-order valence-electron chi connectivity index (χ0n) is 12.3. The van der Waals surface area contributed by atoms with Crippen LogP contribution in [0.2, 0.25) is 0 Å². The van der Waals surface area contributed by atoms with Gasteiger partial charge in [0.2, 0.25) is 0 Å². The van der Waals surface area contributed by atoms with Gasteiger partial charge in [-0.15, -0.1) is 0 Å². The number of nitrogens with one attached hydrogen (secondary N) is 1. The average molecular weight is 253 g/mol. The summed E-state index contributed by atoms with van der Waals surface area (Å²) in [5.41, 5.74) is 0. The highest BCUT2D eigenvalue weighted by Crippen LogP contribution is 2.18. The summed E-state index contributed by atoms with van der Waals surface area (Å²) >= 11 is 0. The standard InChI is InChI=1S/C15H31N3/c1-3-18-12-6-8-15(18)13-16-10-9-14-7-4-5-11-17(14)2/h14-16H,3-13H2,1-2H3. The van der Waals surface area contributed by atoms with Gasteiger partial charge in [0.1, 0.15) is 0 Å². The largest absolute Gasteiger partial charge is 0.315 e. The van der Waals surface area contributed by atoms with Crippen molar-refractivity contribution >= 4 is 0 Å². The lowest BCUT2D eigenvalue weighted by Gasteiger charge is -2.32. The Hall–Kier alpha value is -0.120. The minimum Gasteiger partial charge on any atom is -0.315 e. The molecule has 2 aliphatic heterocycles. The molecule has 2 fully saturated rings. The first-order valence-electron chi connectivity index (χ1n) is 7.96. The van der Waals surface area contributed by atoms with Gasteiger partial charge in [-0.1, -0.05) is 13.3 Å². The first-order chi connectivity index (χ1) is 8.81. The van der Waals surface area contributed by atoms with Crippen LogP contribution in [0.3, 0.4) is 0 Å². The number of piperidine rings is 1. The van der Waals surface area contributed by atoms with Crippen molar-refractivity contribution in [3.05, 3.63) is 0 Å². The molecule has 2 saturated heterocycles. The summed E-state index contributed by atoms with van der Waals surface area (Å²) in [4.78, 5) is 5.18. The molecule has 0 saturated carbocycles. The Labute approximate surface area is 113 Å². The summed E-state index contributed by atoms with van der Waals surface area (Å²) in [5, 5.41) is 3.69. The lowest BCUT2D eigenvalue weighted by molar-refractivity contribution is 0.174. The summed E-state index contributed by atoms with van der Waals surface area (Å²) in [6.45, 7) is 8.52. The predicted octanol–water partition coefficient (Wildman–Crippen LogP) is 1.93. The number of rotatable bonds is 6. The van der Waals surface area contributed by atoms with E-state index in [1.807, 2.05) is 0 Å². The Balaban J connectivity index is 1.58. The SMILES string of the molecule is CCN1CCCC1CNCCC1CCCCN1C. The second-order valence-electron chi connectivity index (χ2n) is 6.05. The molecule has 2 unspecified atom stereocenters. The van der Waals surface area contributed by atoms with E-state index in [2.05, 4.69) is 29.1 Å². The summed E-state index contributed by atoms with van der Waals surface area (Å²) in [7, 11) is 2.29. The third-order valence-corrected chi connectivity index (χ3v) is 4.86. The Morgan fingerprint density at radius 2 is 1.89 bits per heavy atom. The highest BCUT2D eigenvalue weighted by molar-refractivity contribution is 4.81. The fourth-order valence-corrected chi connectivity index (χ4v) is 3.59. The van der Waals surface area contributed by atoms with Gasteiger partial charge in [0.05, 0.1) is 0 Å². The Kier molecular flexibility index (Phi) is 5.93. The first-order valence-corrected chi connectivity index (χ1v) is 7.96. The van der Waals surface area contributed by atoms with E-state index >= 15 is 0 Å². The highest BCUT2D eigenvalue weighted by atomic mass is 15.2.